The van der Waals surface area contributed by atoms with Crippen molar-refractivity contribution in [2.24, 2.45) is 5.92 Å². The summed E-state index contributed by atoms with van der Waals surface area (Å²) in [6.07, 6.45) is -3.56. The van der Waals surface area contributed by atoms with Crippen LogP contribution in [-0.4, -0.2) is 29.1 Å². The van der Waals surface area contributed by atoms with Crippen LogP contribution < -0.4 is 15.3 Å². The van der Waals surface area contributed by atoms with Gasteiger partial charge in [-0.2, -0.15) is 0 Å². The van der Waals surface area contributed by atoms with E-state index >= 15 is 0 Å². The van der Waals surface area contributed by atoms with Crippen molar-refractivity contribution in [2.75, 3.05) is 0 Å². The van der Waals surface area contributed by atoms with Crippen molar-refractivity contribution in [3.8, 4) is 0 Å². The largest absolute Gasteiger partial charge is 0.550 e. The van der Waals surface area contributed by atoms with Crippen LogP contribution in [0.4, 0.5) is 0 Å². The summed E-state index contributed by atoms with van der Waals surface area (Å²) in [5.74, 6) is -7.92. The van der Waals surface area contributed by atoms with Gasteiger partial charge in [-0.3, -0.25) is 0 Å². The van der Waals surface area contributed by atoms with Crippen LogP contribution in [0.3, 0.4) is 0 Å². The third kappa shape index (κ3) is 3.52. The number of aliphatic carboxylic acids is 3. The topological polar surface area (TPSA) is 141 Å². The van der Waals surface area contributed by atoms with Crippen LogP contribution in [0, 0.1) is 5.92 Å². The van der Waals surface area contributed by atoms with Crippen molar-refractivity contribution in [2.45, 2.75) is 12.5 Å². The van der Waals surface area contributed by atoms with Gasteiger partial charge in [0.05, 0.1) is 5.97 Å². The van der Waals surface area contributed by atoms with E-state index in [0.717, 1.165) is 0 Å². The van der Waals surface area contributed by atoms with E-state index in [1.165, 1.54) is 0 Å². The van der Waals surface area contributed by atoms with E-state index in [9.17, 15) is 29.7 Å². The second-order valence-corrected chi connectivity index (χ2v) is 2.27. The van der Waals surface area contributed by atoms with Gasteiger partial charge in [0.15, 0.2) is 0 Å². The average molecular weight is 189 g/mol. The third-order valence-electron chi connectivity index (χ3n) is 1.31. The predicted molar refractivity (Wildman–Crippen MR) is 29.1 cm³/mol. The molecule has 13 heavy (non-hydrogen) atoms. The zero-order chi connectivity index (χ0) is 10.6. The van der Waals surface area contributed by atoms with Gasteiger partial charge < -0.3 is 34.8 Å². The highest BCUT2D eigenvalue weighted by molar-refractivity contribution is 5.82. The Bertz CT molecular complexity index is 233. The zero-order valence-corrected chi connectivity index (χ0v) is 6.26. The molecule has 1 N–H and O–H groups in total. The Labute approximate surface area is 72.2 Å². The maximum absolute atomic E-state index is 10.1. The van der Waals surface area contributed by atoms with Crippen molar-refractivity contribution in [1.82, 2.24) is 0 Å². The van der Waals surface area contributed by atoms with Crippen LogP contribution in [0.25, 0.3) is 0 Å². The van der Waals surface area contributed by atoms with E-state index in [0.29, 0.717) is 0 Å². The van der Waals surface area contributed by atoms with Crippen molar-refractivity contribution in [3.63, 3.8) is 0 Å². The minimum absolute atomic E-state index is 1.14. The summed E-state index contributed by atoms with van der Waals surface area (Å²) in [5.41, 5.74) is 0. The SMILES string of the molecule is O=C([O-])C[C@H](C(=O)[O-])[C@H](O)C(=O)[O-]. The molecule has 0 aliphatic heterocycles. The Kier molecular flexibility index (Phi) is 3.86. The number of hydrogen-bond donors (Lipinski definition) is 1. The molecule has 0 radical (unpaired) electrons. The number of rotatable bonds is 5. The highest BCUT2D eigenvalue weighted by atomic mass is 16.4. The van der Waals surface area contributed by atoms with E-state index in [-0.39, 0.29) is 0 Å². The van der Waals surface area contributed by atoms with E-state index in [2.05, 4.69) is 0 Å². The molecular formula is C6H5O7-3. The molecule has 0 aromatic carbocycles. The number of aliphatic hydroxyl groups is 1. The van der Waals surface area contributed by atoms with Crippen LogP contribution >= 0.6 is 0 Å². The normalized spacial score (nSPS) is 14.5. The standard InChI is InChI=1S/C6H8O7/c7-3(8)1-2(5(10)11)4(9)6(12)13/h2,4,9H,1H2,(H,7,8)(H,10,11)(H,12,13)/p-3/t2-,4-/m0/s1. The zero-order valence-electron chi connectivity index (χ0n) is 6.26. The molecule has 0 fully saturated rings. The molecule has 0 aromatic rings. The first-order chi connectivity index (χ1) is 5.86. The molecule has 0 aliphatic carbocycles. The molecule has 0 rings (SSSR count). The summed E-state index contributed by atoms with van der Waals surface area (Å²) in [6.45, 7) is 0. The minimum Gasteiger partial charge on any atom is -0.550 e. The fourth-order valence-electron chi connectivity index (χ4n) is 0.668. The molecule has 0 aliphatic rings. The second-order valence-electron chi connectivity index (χ2n) is 2.27. The fourth-order valence-corrected chi connectivity index (χ4v) is 0.668. The van der Waals surface area contributed by atoms with Crippen LogP contribution in [0.5, 0.6) is 0 Å². The Morgan fingerprint density at radius 2 is 1.54 bits per heavy atom. The Morgan fingerprint density at radius 3 is 1.77 bits per heavy atom. The Morgan fingerprint density at radius 1 is 1.08 bits per heavy atom. The second kappa shape index (κ2) is 4.41. The lowest BCUT2D eigenvalue weighted by Crippen LogP contribution is -2.49. The van der Waals surface area contributed by atoms with Gasteiger partial charge in [-0.1, -0.05) is 0 Å². The van der Waals surface area contributed by atoms with Gasteiger partial charge >= 0.3 is 0 Å². The van der Waals surface area contributed by atoms with E-state index in [4.69, 9.17) is 5.11 Å². The van der Waals surface area contributed by atoms with E-state index < -0.39 is 36.4 Å². The van der Waals surface area contributed by atoms with Crippen LogP contribution in [0.2, 0.25) is 0 Å². The lowest BCUT2D eigenvalue weighted by molar-refractivity contribution is -0.334. The summed E-state index contributed by atoms with van der Waals surface area (Å²) in [7, 11) is 0. The molecule has 0 aromatic heterocycles. The predicted octanol–water partition coefficient (Wildman–Crippen LogP) is -5.40. The summed E-state index contributed by atoms with van der Waals surface area (Å²) in [5, 5.41) is 38.6. The van der Waals surface area contributed by atoms with E-state index in [1.807, 2.05) is 0 Å². The van der Waals surface area contributed by atoms with Crippen LogP contribution in [0.15, 0.2) is 0 Å². The Hall–Kier alpha value is -1.63. The van der Waals surface area contributed by atoms with Gasteiger partial charge in [0.1, 0.15) is 6.10 Å². The molecule has 7 heteroatoms. The fraction of sp³-hybridized carbons (Fsp3) is 0.500. The molecule has 7 nitrogen and oxygen atoms in total. The molecule has 0 saturated carbocycles. The lowest BCUT2D eigenvalue weighted by atomic mass is 9.99. The molecule has 74 valence electrons. The van der Waals surface area contributed by atoms with Crippen molar-refractivity contribution in [1.29, 1.82) is 0 Å². The van der Waals surface area contributed by atoms with Gasteiger partial charge in [0.2, 0.25) is 0 Å². The molecular weight excluding hydrogens is 184 g/mol. The van der Waals surface area contributed by atoms with Gasteiger partial charge in [0.25, 0.3) is 0 Å². The molecule has 2 atom stereocenters. The summed E-state index contributed by atoms with van der Waals surface area (Å²) in [4.78, 5) is 30.0. The number of carboxylic acids is 3. The third-order valence-corrected chi connectivity index (χ3v) is 1.31. The first-order valence-electron chi connectivity index (χ1n) is 3.16. The highest BCUT2D eigenvalue weighted by Crippen LogP contribution is 2.06. The summed E-state index contributed by atoms with van der Waals surface area (Å²) in [6, 6.07) is 0. The molecule has 0 bridgehead atoms. The summed E-state index contributed by atoms with van der Waals surface area (Å²) < 4.78 is 0. The Balaban J connectivity index is 4.51. The number of hydrogen-bond acceptors (Lipinski definition) is 7. The molecule has 0 heterocycles. The minimum atomic E-state index is -2.41. The van der Waals surface area contributed by atoms with Crippen molar-refractivity contribution in [3.05, 3.63) is 0 Å². The molecule has 0 amide bonds. The monoisotopic (exact) mass is 189 g/mol. The number of carboxylic acid groups (broad SMARTS) is 3. The maximum atomic E-state index is 10.1. The van der Waals surface area contributed by atoms with E-state index in [1.54, 1.807) is 0 Å². The first-order valence-corrected chi connectivity index (χ1v) is 3.16. The van der Waals surface area contributed by atoms with Gasteiger partial charge in [0, 0.05) is 17.9 Å². The molecule has 0 saturated heterocycles. The van der Waals surface area contributed by atoms with Crippen molar-refractivity contribution < 1.29 is 34.8 Å². The number of aliphatic hydroxyl groups excluding tert-OH is 1. The van der Waals surface area contributed by atoms with Crippen LogP contribution in [-0.2, 0) is 14.4 Å². The molecule has 0 unspecified atom stereocenters. The highest BCUT2D eigenvalue weighted by Gasteiger charge is 2.21. The number of carbonyl (C=O) groups is 3. The van der Waals surface area contributed by atoms with Crippen LogP contribution in [0.1, 0.15) is 6.42 Å². The van der Waals surface area contributed by atoms with Gasteiger partial charge in [-0.15, -0.1) is 0 Å². The van der Waals surface area contributed by atoms with Gasteiger partial charge in [-0.25, -0.2) is 0 Å². The lowest BCUT2D eigenvalue weighted by Gasteiger charge is -2.24. The molecule has 0 spiro atoms. The quantitative estimate of drug-likeness (QED) is 0.454. The van der Waals surface area contributed by atoms with Gasteiger partial charge in [-0.05, 0) is 6.42 Å². The van der Waals surface area contributed by atoms with Crippen molar-refractivity contribution >= 4 is 17.9 Å². The maximum Gasteiger partial charge on any atom is 0.102 e. The summed E-state index contributed by atoms with van der Waals surface area (Å²) >= 11 is 0. The average Bonchev–Trinajstić information content (AvgIpc) is 1.97. The first kappa shape index (κ1) is 11.4. The number of carbonyl (C=O) groups excluding carboxylic acids is 3. The smallest absolute Gasteiger partial charge is 0.102 e.